The van der Waals surface area contributed by atoms with Gasteiger partial charge in [-0.2, -0.15) is 0 Å². The molecule has 2 heterocycles. The van der Waals surface area contributed by atoms with Crippen LogP contribution in [-0.4, -0.2) is 30.9 Å². The Morgan fingerprint density at radius 2 is 1.77 bits per heavy atom. The van der Waals surface area contributed by atoms with Gasteiger partial charge in [0, 0.05) is 5.02 Å². The lowest BCUT2D eigenvalue weighted by atomic mass is 10.0. The summed E-state index contributed by atoms with van der Waals surface area (Å²) in [6.07, 6.45) is 1.49. The molecule has 0 atom stereocenters. The first-order valence-corrected chi connectivity index (χ1v) is 9.77. The van der Waals surface area contributed by atoms with Crippen molar-refractivity contribution in [2.45, 2.75) is 6.54 Å². The number of benzene rings is 2. The van der Waals surface area contributed by atoms with Gasteiger partial charge in [0.2, 0.25) is 0 Å². The average molecular weight is 439 g/mol. The Morgan fingerprint density at radius 1 is 1.00 bits per heavy atom. The molecule has 0 fully saturated rings. The Hall–Kier alpha value is -3.71. The van der Waals surface area contributed by atoms with Crippen molar-refractivity contribution in [3.63, 3.8) is 0 Å². The number of rotatable bonds is 7. The lowest BCUT2D eigenvalue weighted by Gasteiger charge is -2.14. The molecule has 0 unspecified atom stereocenters. The molecule has 0 saturated carbocycles. The summed E-state index contributed by atoms with van der Waals surface area (Å²) in [5.41, 5.74) is 1.41. The minimum atomic E-state index is -0.478. The van der Waals surface area contributed by atoms with Crippen molar-refractivity contribution in [1.82, 2.24) is 4.90 Å². The van der Waals surface area contributed by atoms with Crippen molar-refractivity contribution in [1.29, 1.82) is 0 Å². The third-order valence-electron chi connectivity index (χ3n) is 4.86. The van der Waals surface area contributed by atoms with Crippen LogP contribution in [0.5, 0.6) is 11.5 Å². The van der Waals surface area contributed by atoms with Crippen LogP contribution in [0.3, 0.4) is 0 Å². The van der Waals surface area contributed by atoms with Crippen molar-refractivity contribution >= 4 is 34.7 Å². The van der Waals surface area contributed by atoms with Crippen molar-refractivity contribution in [3.05, 3.63) is 82.9 Å². The maximum atomic E-state index is 13.3. The second-order valence-electron chi connectivity index (χ2n) is 6.72. The second kappa shape index (κ2) is 8.57. The van der Waals surface area contributed by atoms with Crippen LogP contribution in [0, 0.1) is 0 Å². The quantitative estimate of drug-likeness (QED) is 0.552. The normalized spacial score (nSPS) is 13.7. The number of furan rings is 1. The number of ether oxygens (including phenoxy) is 2. The molecule has 8 heteroatoms. The number of hydrogen-bond acceptors (Lipinski definition) is 6. The zero-order valence-corrected chi connectivity index (χ0v) is 17.6. The fourth-order valence-electron chi connectivity index (χ4n) is 3.33. The van der Waals surface area contributed by atoms with Gasteiger partial charge in [0.15, 0.2) is 0 Å². The summed E-state index contributed by atoms with van der Waals surface area (Å²) in [6, 6.07) is 15.3. The van der Waals surface area contributed by atoms with Crippen LogP contribution >= 0.6 is 11.6 Å². The molecule has 1 aromatic heterocycles. The van der Waals surface area contributed by atoms with Crippen LogP contribution in [0.4, 0.5) is 5.69 Å². The number of anilines is 1. The number of nitrogens with one attached hydrogen (secondary N) is 1. The van der Waals surface area contributed by atoms with Gasteiger partial charge in [0.1, 0.15) is 23.0 Å². The lowest BCUT2D eigenvalue weighted by Crippen LogP contribution is -2.31. The highest BCUT2D eigenvalue weighted by molar-refractivity contribution is 6.36. The smallest absolute Gasteiger partial charge is 0.278 e. The van der Waals surface area contributed by atoms with E-state index >= 15 is 0 Å². The van der Waals surface area contributed by atoms with E-state index in [-0.39, 0.29) is 17.8 Å². The van der Waals surface area contributed by atoms with Gasteiger partial charge in [-0.15, -0.1) is 0 Å². The third-order valence-corrected chi connectivity index (χ3v) is 5.10. The van der Waals surface area contributed by atoms with Gasteiger partial charge in [0.25, 0.3) is 11.8 Å². The van der Waals surface area contributed by atoms with E-state index in [4.69, 9.17) is 25.5 Å². The van der Waals surface area contributed by atoms with E-state index in [1.165, 1.54) is 13.4 Å². The molecule has 1 aliphatic heterocycles. The number of hydrogen-bond donors (Lipinski definition) is 1. The molecule has 2 amide bonds. The van der Waals surface area contributed by atoms with E-state index in [0.29, 0.717) is 33.5 Å². The van der Waals surface area contributed by atoms with Crippen molar-refractivity contribution < 1.29 is 23.5 Å². The predicted molar refractivity (Wildman–Crippen MR) is 116 cm³/mol. The first-order valence-electron chi connectivity index (χ1n) is 9.39. The Kier molecular flexibility index (Phi) is 5.68. The number of imide groups is 1. The molecule has 0 saturated heterocycles. The summed E-state index contributed by atoms with van der Waals surface area (Å²) in [5.74, 6) is 0.706. The molecule has 0 spiro atoms. The Bertz CT molecular complexity index is 1150. The summed E-state index contributed by atoms with van der Waals surface area (Å²) in [4.78, 5) is 27.7. The van der Waals surface area contributed by atoms with E-state index in [2.05, 4.69) is 5.32 Å². The highest BCUT2D eigenvalue weighted by Crippen LogP contribution is 2.35. The van der Waals surface area contributed by atoms with Gasteiger partial charge in [-0.1, -0.05) is 23.7 Å². The molecule has 31 heavy (non-hydrogen) atoms. The highest BCUT2D eigenvalue weighted by atomic mass is 35.5. The predicted octanol–water partition coefficient (Wildman–Crippen LogP) is 4.34. The Balaban J connectivity index is 1.78. The van der Waals surface area contributed by atoms with E-state index in [1.54, 1.807) is 61.7 Å². The fourth-order valence-corrected chi connectivity index (χ4v) is 3.50. The first kappa shape index (κ1) is 20.6. The van der Waals surface area contributed by atoms with E-state index in [1.807, 2.05) is 0 Å². The van der Waals surface area contributed by atoms with Crippen LogP contribution < -0.4 is 14.8 Å². The van der Waals surface area contributed by atoms with Crippen molar-refractivity contribution in [2.24, 2.45) is 0 Å². The molecular formula is C23H19ClN2O5. The number of carbonyl (C=O) groups excluding carboxylic acids is 2. The number of carbonyl (C=O) groups is 2. The third kappa shape index (κ3) is 4.00. The molecule has 1 N–H and O–H groups in total. The summed E-state index contributed by atoms with van der Waals surface area (Å²) < 4.78 is 15.9. The highest BCUT2D eigenvalue weighted by Gasteiger charge is 2.40. The molecular weight excluding hydrogens is 420 g/mol. The van der Waals surface area contributed by atoms with Gasteiger partial charge in [-0.25, -0.2) is 0 Å². The molecule has 0 radical (unpaired) electrons. The van der Waals surface area contributed by atoms with Gasteiger partial charge in [-0.3, -0.25) is 14.5 Å². The van der Waals surface area contributed by atoms with Crippen molar-refractivity contribution in [3.8, 4) is 11.5 Å². The maximum absolute atomic E-state index is 13.3. The van der Waals surface area contributed by atoms with Gasteiger partial charge in [-0.05, 0) is 48.0 Å². The molecule has 3 aromatic rings. The molecule has 2 aromatic carbocycles. The fraction of sp³-hybridized carbons (Fsp3) is 0.130. The van der Waals surface area contributed by atoms with Crippen LogP contribution in [-0.2, 0) is 16.1 Å². The molecule has 7 nitrogen and oxygen atoms in total. The zero-order chi connectivity index (χ0) is 22.0. The van der Waals surface area contributed by atoms with E-state index in [0.717, 1.165) is 4.90 Å². The van der Waals surface area contributed by atoms with Gasteiger partial charge >= 0.3 is 0 Å². The SMILES string of the molecule is COc1ccc(C2=C(Nc3cc(Cl)ccc3OC)C(=O)N(Cc3ccco3)C2=O)cc1. The average Bonchev–Trinajstić information content (AvgIpc) is 3.37. The molecule has 158 valence electrons. The largest absolute Gasteiger partial charge is 0.497 e. The van der Waals surface area contributed by atoms with Gasteiger partial charge in [0.05, 0.1) is 38.3 Å². The van der Waals surface area contributed by atoms with E-state index < -0.39 is 11.8 Å². The molecule has 0 aliphatic carbocycles. The van der Waals surface area contributed by atoms with Crippen LogP contribution in [0.25, 0.3) is 5.57 Å². The Labute approximate surface area is 183 Å². The maximum Gasteiger partial charge on any atom is 0.278 e. The monoisotopic (exact) mass is 438 g/mol. The molecule has 4 rings (SSSR count). The van der Waals surface area contributed by atoms with Crippen LogP contribution in [0.15, 0.2) is 71.0 Å². The minimum Gasteiger partial charge on any atom is -0.497 e. The Morgan fingerprint density at radius 3 is 2.42 bits per heavy atom. The number of halogens is 1. The van der Waals surface area contributed by atoms with E-state index in [9.17, 15) is 9.59 Å². The summed E-state index contributed by atoms with van der Waals surface area (Å²) in [5, 5.41) is 3.52. The minimum absolute atomic E-state index is 0.0161. The molecule has 1 aliphatic rings. The second-order valence-corrected chi connectivity index (χ2v) is 7.16. The van der Waals surface area contributed by atoms with Crippen molar-refractivity contribution in [2.75, 3.05) is 19.5 Å². The number of nitrogens with zero attached hydrogens (tertiary/aromatic N) is 1. The summed E-state index contributed by atoms with van der Waals surface area (Å²) >= 11 is 6.13. The zero-order valence-electron chi connectivity index (χ0n) is 16.8. The van der Waals surface area contributed by atoms with Gasteiger partial charge < -0.3 is 19.2 Å². The topological polar surface area (TPSA) is 81.0 Å². The van der Waals surface area contributed by atoms with Crippen LogP contribution in [0.1, 0.15) is 11.3 Å². The molecule has 0 bridgehead atoms. The van der Waals surface area contributed by atoms with Crippen LogP contribution in [0.2, 0.25) is 5.02 Å². The summed E-state index contributed by atoms with van der Waals surface area (Å²) in [7, 11) is 3.07. The first-order chi connectivity index (χ1) is 15.0. The lowest BCUT2D eigenvalue weighted by molar-refractivity contribution is -0.137. The standard InChI is InChI=1S/C23H19ClN2O5/c1-29-16-8-5-14(6-9-16)20-21(25-18-12-15(24)7-10-19(18)30-2)23(28)26(22(20)27)13-17-4-3-11-31-17/h3-12,25H,13H2,1-2H3. The summed E-state index contributed by atoms with van der Waals surface area (Å²) in [6.45, 7) is 0.0161. The number of methoxy groups -OCH3 is 2. The number of amides is 2.